The van der Waals surface area contributed by atoms with Crippen LogP contribution in [0.15, 0.2) is 22.7 Å². The Morgan fingerprint density at radius 1 is 1.45 bits per heavy atom. The first-order valence-electron chi connectivity index (χ1n) is 5.94. The fourth-order valence-electron chi connectivity index (χ4n) is 2.10. The van der Waals surface area contributed by atoms with E-state index in [0.717, 1.165) is 4.90 Å². The first kappa shape index (κ1) is 14.9. The van der Waals surface area contributed by atoms with E-state index in [1.807, 2.05) is 0 Å². The number of amides is 3. The number of hydrogen-bond donors (Lipinski definition) is 1. The quantitative estimate of drug-likeness (QED) is 0.850. The van der Waals surface area contributed by atoms with Gasteiger partial charge in [0.25, 0.3) is 5.91 Å². The second-order valence-corrected chi connectivity index (χ2v) is 5.74. The van der Waals surface area contributed by atoms with Gasteiger partial charge in [0.15, 0.2) is 0 Å². The van der Waals surface area contributed by atoms with Crippen LogP contribution in [0.1, 0.15) is 12.5 Å². The van der Waals surface area contributed by atoms with Crippen molar-refractivity contribution in [3.8, 4) is 0 Å². The monoisotopic (exact) mass is 344 g/mol. The minimum absolute atomic E-state index is 0.0664. The number of nitrogens with zero attached hydrogens (tertiary/aromatic N) is 1. The molecule has 7 heteroatoms. The highest BCUT2D eigenvalue weighted by Gasteiger charge is 2.47. The van der Waals surface area contributed by atoms with Crippen LogP contribution in [0.2, 0.25) is 0 Å². The highest BCUT2D eigenvalue weighted by atomic mass is 79.9. The number of hydrogen-bond acceptors (Lipinski definition) is 3. The Balaban J connectivity index is 2.21. The van der Waals surface area contributed by atoms with E-state index in [1.165, 1.54) is 19.2 Å². The fourth-order valence-corrected chi connectivity index (χ4v) is 2.43. The molecule has 0 spiro atoms. The topological polar surface area (TPSA) is 58.6 Å². The van der Waals surface area contributed by atoms with Gasteiger partial charge in [-0.25, -0.2) is 9.18 Å². The molecule has 0 aromatic heterocycles. The summed E-state index contributed by atoms with van der Waals surface area (Å²) in [7, 11) is 1.45. The predicted octanol–water partition coefficient (Wildman–Crippen LogP) is 2.05. The lowest BCUT2D eigenvalue weighted by Gasteiger charge is -2.20. The summed E-state index contributed by atoms with van der Waals surface area (Å²) < 4.78 is 19.3. The van der Waals surface area contributed by atoms with Gasteiger partial charge in [0.2, 0.25) is 0 Å². The van der Waals surface area contributed by atoms with E-state index in [9.17, 15) is 14.0 Å². The summed E-state index contributed by atoms with van der Waals surface area (Å²) in [6.07, 6.45) is 0. The third-order valence-electron chi connectivity index (χ3n) is 3.12. The van der Waals surface area contributed by atoms with Crippen LogP contribution < -0.4 is 5.32 Å². The molecule has 1 atom stereocenters. The Bertz CT molecular complexity index is 567. The maximum Gasteiger partial charge on any atom is 0.325 e. The van der Waals surface area contributed by atoms with Crippen molar-refractivity contribution in [3.05, 3.63) is 34.1 Å². The SMILES string of the molecule is COCC1(C)NC(=O)N(Cc2ccc(Br)cc2F)C1=O. The molecule has 1 aliphatic heterocycles. The normalized spacial score (nSPS) is 22.3. The molecule has 0 bridgehead atoms. The van der Waals surface area contributed by atoms with Crippen LogP contribution >= 0.6 is 15.9 Å². The third kappa shape index (κ3) is 2.69. The van der Waals surface area contributed by atoms with Gasteiger partial charge in [0, 0.05) is 17.1 Å². The zero-order chi connectivity index (χ0) is 14.9. The number of nitrogens with one attached hydrogen (secondary N) is 1. The summed E-state index contributed by atoms with van der Waals surface area (Å²) in [6, 6.07) is 3.94. The Hall–Kier alpha value is -1.47. The van der Waals surface area contributed by atoms with Gasteiger partial charge >= 0.3 is 6.03 Å². The highest BCUT2D eigenvalue weighted by molar-refractivity contribution is 9.10. The number of ether oxygens (including phenoxy) is 1. The summed E-state index contributed by atoms with van der Waals surface area (Å²) >= 11 is 3.15. The van der Waals surface area contributed by atoms with Crippen LogP contribution in [0.5, 0.6) is 0 Å². The molecule has 1 N–H and O–H groups in total. The summed E-state index contributed by atoms with van der Waals surface area (Å²) in [6.45, 7) is 1.54. The van der Waals surface area contributed by atoms with E-state index < -0.39 is 23.3 Å². The highest BCUT2D eigenvalue weighted by Crippen LogP contribution is 2.22. The van der Waals surface area contributed by atoms with Gasteiger partial charge in [-0.1, -0.05) is 22.0 Å². The Kier molecular flexibility index (Phi) is 4.10. The number of benzene rings is 1. The van der Waals surface area contributed by atoms with E-state index in [4.69, 9.17) is 4.74 Å². The van der Waals surface area contributed by atoms with Crippen molar-refractivity contribution in [1.29, 1.82) is 0 Å². The minimum Gasteiger partial charge on any atom is -0.382 e. The van der Waals surface area contributed by atoms with E-state index in [-0.39, 0.29) is 18.7 Å². The Morgan fingerprint density at radius 2 is 2.15 bits per heavy atom. The number of carbonyl (C=O) groups excluding carboxylic acids is 2. The van der Waals surface area contributed by atoms with Crippen LogP contribution in [-0.4, -0.2) is 36.1 Å². The summed E-state index contributed by atoms with van der Waals surface area (Å²) in [5, 5.41) is 2.56. The molecule has 0 radical (unpaired) electrons. The molecule has 108 valence electrons. The van der Waals surface area contributed by atoms with Crippen LogP contribution in [0, 0.1) is 5.82 Å². The summed E-state index contributed by atoms with van der Waals surface area (Å²) in [4.78, 5) is 25.1. The van der Waals surface area contributed by atoms with E-state index in [1.54, 1.807) is 13.0 Å². The zero-order valence-electron chi connectivity index (χ0n) is 11.1. The molecule has 0 aliphatic carbocycles. The van der Waals surface area contributed by atoms with E-state index in [2.05, 4.69) is 21.2 Å². The lowest BCUT2D eigenvalue weighted by molar-refractivity contribution is -0.132. The molecule has 5 nitrogen and oxygen atoms in total. The molecule has 1 unspecified atom stereocenters. The molecule has 1 aliphatic rings. The average Bonchev–Trinajstić information content (AvgIpc) is 2.56. The molecule has 1 aromatic rings. The maximum atomic E-state index is 13.8. The van der Waals surface area contributed by atoms with Gasteiger partial charge in [0.05, 0.1) is 13.2 Å². The van der Waals surface area contributed by atoms with Crippen LogP contribution in [-0.2, 0) is 16.1 Å². The van der Waals surface area contributed by atoms with Crippen molar-refractivity contribution in [2.45, 2.75) is 19.0 Å². The number of carbonyl (C=O) groups is 2. The van der Waals surface area contributed by atoms with Crippen LogP contribution in [0.3, 0.4) is 0 Å². The first-order valence-corrected chi connectivity index (χ1v) is 6.73. The summed E-state index contributed by atoms with van der Waals surface area (Å²) in [5.74, 6) is -0.896. The van der Waals surface area contributed by atoms with Crippen molar-refractivity contribution in [2.24, 2.45) is 0 Å². The molecule has 2 rings (SSSR count). The van der Waals surface area contributed by atoms with Crippen LogP contribution in [0.25, 0.3) is 0 Å². The number of methoxy groups -OCH3 is 1. The minimum atomic E-state index is -1.10. The lowest BCUT2D eigenvalue weighted by Crippen LogP contribution is -2.47. The molecular weight excluding hydrogens is 331 g/mol. The number of urea groups is 1. The van der Waals surface area contributed by atoms with Crippen molar-refractivity contribution < 1.29 is 18.7 Å². The lowest BCUT2D eigenvalue weighted by atomic mass is 10.0. The van der Waals surface area contributed by atoms with E-state index in [0.29, 0.717) is 4.47 Å². The smallest absolute Gasteiger partial charge is 0.325 e. The van der Waals surface area contributed by atoms with Gasteiger partial charge in [-0.2, -0.15) is 0 Å². The van der Waals surface area contributed by atoms with Gasteiger partial charge in [0.1, 0.15) is 11.4 Å². The first-order chi connectivity index (χ1) is 9.37. The fraction of sp³-hybridized carbons (Fsp3) is 0.385. The second kappa shape index (κ2) is 5.49. The molecular formula is C13H14BrFN2O3. The van der Waals surface area contributed by atoms with Crippen molar-refractivity contribution in [1.82, 2.24) is 10.2 Å². The number of halogens is 2. The van der Waals surface area contributed by atoms with Gasteiger partial charge < -0.3 is 10.1 Å². The largest absolute Gasteiger partial charge is 0.382 e. The third-order valence-corrected chi connectivity index (χ3v) is 3.61. The second-order valence-electron chi connectivity index (χ2n) is 4.82. The van der Waals surface area contributed by atoms with Crippen molar-refractivity contribution >= 4 is 27.9 Å². The van der Waals surface area contributed by atoms with Gasteiger partial charge in [-0.05, 0) is 19.1 Å². The van der Waals surface area contributed by atoms with E-state index >= 15 is 0 Å². The number of imide groups is 1. The zero-order valence-corrected chi connectivity index (χ0v) is 12.7. The van der Waals surface area contributed by atoms with Gasteiger partial charge in [-0.3, -0.25) is 9.69 Å². The molecule has 0 saturated carbocycles. The Labute approximate surface area is 124 Å². The molecule has 20 heavy (non-hydrogen) atoms. The molecule has 1 heterocycles. The molecule has 1 fully saturated rings. The van der Waals surface area contributed by atoms with Crippen LogP contribution in [0.4, 0.5) is 9.18 Å². The summed E-state index contributed by atoms with van der Waals surface area (Å²) in [5.41, 5.74) is -0.823. The average molecular weight is 345 g/mol. The molecule has 1 saturated heterocycles. The van der Waals surface area contributed by atoms with Crippen molar-refractivity contribution in [3.63, 3.8) is 0 Å². The standard InChI is InChI=1S/C13H14BrFN2O3/c1-13(7-20-2)11(18)17(12(19)16-13)6-8-3-4-9(14)5-10(8)15/h3-5H,6-7H2,1-2H3,(H,16,19). The maximum absolute atomic E-state index is 13.8. The predicted molar refractivity (Wildman–Crippen MR) is 73.5 cm³/mol. The molecule has 1 aromatic carbocycles. The Morgan fingerprint density at radius 3 is 2.75 bits per heavy atom. The van der Waals surface area contributed by atoms with Crippen molar-refractivity contribution in [2.75, 3.05) is 13.7 Å². The molecule has 3 amide bonds. The van der Waals surface area contributed by atoms with Gasteiger partial charge in [-0.15, -0.1) is 0 Å². The number of rotatable bonds is 4.